The number of aryl methyl sites for hydroxylation is 1. The lowest BCUT2D eigenvalue weighted by molar-refractivity contribution is 0.284. The lowest BCUT2D eigenvalue weighted by Crippen LogP contribution is -2.27. The van der Waals surface area contributed by atoms with Gasteiger partial charge in [0.15, 0.2) is 0 Å². The van der Waals surface area contributed by atoms with Crippen LogP contribution in [0.4, 0.5) is 0 Å². The molecule has 0 amide bonds. The SMILES string of the molecule is CCCCc1ccc(CN2CCCNCC2)cc1. The molecule has 1 fully saturated rings. The number of nitrogens with one attached hydrogen (secondary N) is 1. The predicted molar refractivity (Wildman–Crippen MR) is 77.8 cm³/mol. The molecule has 2 heteroatoms. The fourth-order valence-corrected chi connectivity index (χ4v) is 2.51. The maximum Gasteiger partial charge on any atom is 0.0234 e. The van der Waals surface area contributed by atoms with Gasteiger partial charge in [-0.05, 0) is 43.5 Å². The number of nitrogens with zero attached hydrogens (tertiary/aromatic N) is 1. The molecular weight excluding hydrogens is 220 g/mol. The predicted octanol–water partition coefficient (Wildman–Crippen LogP) is 2.82. The number of benzene rings is 1. The summed E-state index contributed by atoms with van der Waals surface area (Å²) in [5, 5.41) is 3.45. The van der Waals surface area contributed by atoms with E-state index in [9.17, 15) is 0 Å². The third-order valence-corrected chi connectivity index (χ3v) is 3.68. The number of hydrogen-bond acceptors (Lipinski definition) is 2. The van der Waals surface area contributed by atoms with Gasteiger partial charge in [-0.1, -0.05) is 37.6 Å². The van der Waals surface area contributed by atoms with Crippen LogP contribution in [-0.2, 0) is 13.0 Å². The highest BCUT2D eigenvalue weighted by atomic mass is 15.1. The highest BCUT2D eigenvalue weighted by Crippen LogP contribution is 2.10. The zero-order valence-corrected chi connectivity index (χ0v) is 11.6. The van der Waals surface area contributed by atoms with Gasteiger partial charge in [0.2, 0.25) is 0 Å². The van der Waals surface area contributed by atoms with Crippen molar-refractivity contribution in [2.45, 2.75) is 39.2 Å². The minimum atomic E-state index is 1.11. The summed E-state index contributed by atoms with van der Waals surface area (Å²) < 4.78 is 0. The Balaban J connectivity index is 1.84. The van der Waals surface area contributed by atoms with Crippen LogP contribution in [0.3, 0.4) is 0 Å². The molecule has 0 aromatic heterocycles. The summed E-state index contributed by atoms with van der Waals surface area (Å²) in [4.78, 5) is 2.56. The molecule has 0 radical (unpaired) electrons. The molecule has 1 aromatic carbocycles. The summed E-state index contributed by atoms with van der Waals surface area (Å²) >= 11 is 0. The van der Waals surface area contributed by atoms with Crippen LogP contribution in [0, 0.1) is 0 Å². The van der Waals surface area contributed by atoms with Gasteiger partial charge in [0.25, 0.3) is 0 Å². The zero-order chi connectivity index (χ0) is 12.6. The van der Waals surface area contributed by atoms with E-state index in [1.165, 1.54) is 56.4 Å². The molecule has 1 saturated heterocycles. The molecule has 0 spiro atoms. The Morgan fingerprint density at radius 3 is 2.61 bits per heavy atom. The van der Waals surface area contributed by atoms with Crippen molar-refractivity contribution in [2.24, 2.45) is 0 Å². The minimum Gasteiger partial charge on any atom is -0.315 e. The molecule has 1 N–H and O–H groups in total. The van der Waals surface area contributed by atoms with Gasteiger partial charge in [-0.25, -0.2) is 0 Å². The normalized spacial score (nSPS) is 17.6. The maximum absolute atomic E-state index is 3.45. The molecule has 0 aliphatic carbocycles. The second kappa shape index (κ2) is 7.55. The average Bonchev–Trinajstić information content (AvgIpc) is 2.67. The summed E-state index contributed by atoms with van der Waals surface area (Å²) in [7, 11) is 0. The van der Waals surface area contributed by atoms with Crippen molar-refractivity contribution in [3.05, 3.63) is 35.4 Å². The molecule has 2 rings (SSSR count). The number of rotatable bonds is 5. The summed E-state index contributed by atoms with van der Waals surface area (Å²) in [6.07, 6.45) is 5.08. The Labute approximate surface area is 111 Å². The van der Waals surface area contributed by atoms with Crippen molar-refractivity contribution in [1.29, 1.82) is 0 Å². The first kappa shape index (κ1) is 13.6. The van der Waals surface area contributed by atoms with Gasteiger partial charge in [0, 0.05) is 19.6 Å². The van der Waals surface area contributed by atoms with Gasteiger partial charge in [0.05, 0.1) is 0 Å². The van der Waals surface area contributed by atoms with E-state index in [4.69, 9.17) is 0 Å². The molecule has 2 nitrogen and oxygen atoms in total. The van der Waals surface area contributed by atoms with Crippen molar-refractivity contribution in [1.82, 2.24) is 10.2 Å². The van der Waals surface area contributed by atoms with Crippen LogP contribution >= 0.6 is 0 Å². The Morgan fingerprint density at radius 1 is 1.06 bits per heavy atom. The van der Waals surface area contributed by atoms with E-state index in [-0.39, 0.29) is 0 Å². The van der Waals surface area contributed by atoms with Crippen molar-refractivity contribution in [2.75, 3.05) is 26.2 Å². The number of unbranched alkanes of at least 4 members (excludes halogenated alkanes) is 1. The molecule has 100 valence electrons. The van der Waals surface area contributed by atoms with Gasteiger partial charge in [-0.3, -0.25) is 4.90 Å². The quantitative estimate of drug-likeness (QED) is 0.859. The Hall–Kier alpha value is -0.860. The molecule has 1 aromatic rings. The second-order valence-corrected chi connectivity index (χ2v) is 5.30. The van der Waals surface area contributed by atoms with Crippen LogP contribution in [-0.4, -0.2) is 31.1 Å². The van der Waals surface area contributed by atoms with Gasteiger partial charge < -0.3 is 5.32 Å². The molecule has 0 bridgehead atoms. The van der Waals surface area contributed by atoms with Crippen molar-refractivity contribution >= 4 is 0 Å². The Bertz CT molecular complexity index is 323. The monoisotopic (exact) mass is 246 g/mol. The summed E-state index contributed by atoms with van der Waals surface area (Å²) in [6.45, 7) is 8.07. The molecule has 18 heavy (non-hydrogen) atoms. The summed E-state index contributed by atoms with van der Waals surface area (Å²) in [6, 6.07) is 9.23. The standard InChI is InChI=1S/C16H26N2/c1-2-3-5-15-6-8-16(9-7-15)14-18-12-4-10-17-11-13-18/h6-9,17H,2-5,10-14H2,1H3. The van der Waals surface area contributed by atoms with Gasteiger partial charge >= 0.3 is 0 Å². The van der Waals surface area contributed by atoms with Crippen molar-refractivity contribution < 1.29 is 0 Å². The summed E-state index contributed by atoms with van der Waals surface area (Å²) in [5.41, 5.74) is 2.94. The fraction of sp³-hybridized carbons (Fsp3) is 0.625. The van der Waals surface area contributed by atoms with Crippen LogP contribution < -0.4 is 5.32 Å². The van der Waals surface area contributed by atoms with Crippen LogP contribution in [0.5, 0.6) is 0 Å². The molecular formula is C16H26N2. The molecule has 0 saturated carbocycles. The Morgan fingerprint density at radius 2 is 1.83 bits per heavy atom. The van der Waals surface area contributed by atoms with E-state index in [2.05, 4.69) is 41.4 Å². The van der Waals surface area contributed by atoms with E-state index in [1.54, 1.807) is 0 Å². The van der Waals surface area contributed by atoms with Gasteiger partial charge in [-0.2, -0.15) is 0 Å². The summed E-state index contributed by atoms with van der Waals surface area (Å²) in [5.74, 6) is 0. The first-order chi connectivity index (χ1) is 8.88. The van der Waals surface area contributed by atoms with Gasteiger partial charge in [-0.15, -0.1) is 0 Å². The van der Waals surface area contributed by atoms with E-state index in [0.717, 1.165) is 13.1 Å². The third kappa shape index (κ3) is 4.43. The van der Waals surface area contributed by atoms with E-state index >= 15 is 0 Å². The maximum atomic E-state index is 3.45. The van der Waals surface area contributed by atoms with Crippen molar-refractivity contribution in [3.8, 4) is 0 Å². The first-order valence-corrected chi connectivity index (χ1v) is 7.39. The van der Waals surface area contributed by atoms with Crippen molar-refractivity contribution in [3.63, 3.8) is 0 Å². The molecule has 1 aliphatic rings. The molecule has 1 aliphatic heterocycles. The van der Waals surface area contributed by atoms with Gasteiger partial charge in [0.1, 0.15) is 0 Å². The number of hydrogen-bond donors (Lipinski definition) is 1. The average molecular weight is 246 g/mol. The van der Waals surface area contributed by atoms with E-state index in [0.29, 0.717) is 0 Å². The van der Waals surface area contributed by atoms with E-state index in [1.807, 2.05) is 0 Å². The lowest BCUT2D eigenvalue weighted by Gasteiger charge is -2.19. The molecule has 0 atom stereocenters. The largest absolute Gasteiger partial charge is 0.315 e. The smallest absolute Gasteiger partial charge is 0.0234 e. The van der Waals surface area contributed by atoms with E-state index < -0.39 is 0 Å². The topological polar surface area (TPSA) is 15.3 Å². The molecule has 0 unspecified atom stereocenters. The fourth-order valence-electron chi connectivity index (χ4n) is 2.51. The second-order valence-electron chi connectivity index (χ2n) is 5.30. The highest BCUT2D eigenvalue weighted by molar-refractivity contribution is 5.22. The van der Waals surface area contributed by atoms with Crippen LogP contribution in [0.2, 0.25) is 0 Å². The van der Waals surface area contributed by atoms with Crippen LogP contribution in [0.25, 0.3) is 0 Å². The lowest BCUT2D eigenvalue weighted by atomic mass is 10.1. The first-order valence-electron chi connectivity index (χ1n) is 7.39. The van der Waals surface area contributed by atoms with Crippen LogP contribution in [0.1, 0.15) is 37.3 Å². The Kier molecular flexibility index (Phi) is 5.69. The highest BCUT2D eigenvalue weighted by Gasteiger charge is 2.08. The zero-order valence-electron chi connectivity index (χ0n) is 11.6. The minimum absolute atomic E-state index is 1.11. The molecule has 1 heterocycles. The van der Waals surface area contributed by atoms with Crippen LogP contribution in [0.15, 0.2) is 24.3 Å². The third-order valence-electron chi connectivity index (χ3n) is 3.68.